The van der Waals surface area contributed by atoms with Gasteiger partial charge in [-0.25, -0.2) is 18.6 Å². The molecule has 2 rings (SSSR count). The first kappa shape index (κ1) is 19.6. The molecule has 2 aromatic heterocycles. The fraction of sp³-hybridized carbons (Fsp3) is 0.500. The summed E-state index contributed by atoms with van der Waals surface area (Å²) in [6.07, 6.45) is -1.21. The Hall–Kier alpha value is -1.74. The average molecular weight is 374 g/mol. The van der Waals surface area contributed by atoms with Gasteiger partial charge in [0.1, 0.15) is 0 Å². The van der Waals surface area contributed by atoms with Crippen LogP contribution in [-0.2, 0) is 17.2 Å². The first-order chi connectivity index (χ1) is 11.4. The van der Waals surface area contributed by atoms with Crippen molar-refractivity contribution < 1.29 is 17.4 Å². The number of aromatic nitrogens is 3. The zero-order chi connectivity index (χ0) is 19.0. The summed E-state index contributed by atoms with van der Waals surface area (Å²) in [6.45, 7) is 9.20. The third kappa shape index (κ3) is 4.66. The summed E-state index contributed by atoms with van der Waals surface area (Å²) >= 11 is 0. The van der Waals surface area contributed by atoms with Crippen molar-refractivity contribution in [1.29, 1.82) is 0 Å². The van der Waals surface area contributed by atoms with Crippen LogP contribution in [0.25, 0.3) is 5.82 Å². The number of rotatable bonds is 4. The second-order valence-electron chi connectivity index (χ2n) is 6.80. The molecule has 5 nitrogen and oxygen atoms in total. The van der Waals surface area contributed by atoms with E-state index in [1.807, 2.05) is 27.7 Å². The zero-order valence-electron chi connectivity index (χ0n) is 14.7. The average Bonchev–Trinajstić information content (AvgIpc) is 2.95. The summed E-state index contributed by atoms with van der Waals surface area (Å²) in [5.74, 6) is 0.323. The number of hydrogen-bond acceptors (Lipinski definition) is 3. The van der Waals surface area contributed by atoms with Crippen LogP contribution < -0.4 is 4.72 Å². The molecule has 0 bridgehead atoms. The van der Waals surface area contributed by atoms with Crippen LogP contribution in [0.3, 0.4) is 0 Å². The minimum absolute atomic E-state index is 0.219. The van der Waals surface area contributed by atoms with E-state index in [1.54, 1.807) is 19.2 Å². The largest absolute Gasteiger partial charge is 0.419 e. The summed E-state index contributed by atoms with van der Waals surface area (Å²) < 4.78 is 54.0. The third-order valence-corrected chi connectivity index (χ3v) is 5.22. The van der Waals surface area contributed by atoms with Crippen molar-refractivity contribution in [1.82, 2.24) is 19.5 Å². The predicted octanol–water partition coefficient (Wildman–Crippen LogP) is 3.71. The second kappa shape index (κ2) is 6.87. The van der Waals surface area contributed by atoms with Gasteiger partial charge in [0.25, 0.3) is 0 Å². The molecule has 138 valence electrons. The minimum atomic E-state index is -4.44. The van der Waals surface area contributed by atoms with Gasteiger partial charge in [-0.2, -0.15) is 18.3 Å². The topological polar surface area (TPSA) is 59.8 Å². The Morgan fingerprint density at radius 1 is 1.24 bits per heavy atom. The Bertz CT molecular complexity index is 780. The molecule has 2 heterocycles. The number of nitrogens with zero attached hydrogens (tertiary/aromatic N) is 3. The van der Waals surface area contributed by atoms with Crippen molar-refractivity contribution in [2.24, 2.45) is 0 Å². The van der Waals surface area contributed by atoms with Gasteiger partial charge in [-0.05, 0) is 51.8 Å². The van der Waals surface area contributed by atoms with E-state index in [-0.39, 0.29) is 6.04 Å². The monoisotopic (exact) mass is 374 g/mol. The maximum atomic E-state index is 12.7. The standard InChI is InChI=1S/C16H21F3N4OS/c1-10-6-12(11(2)22-25(24)15(3,4)5)7-20-14(10)23-9-13(8-21-23)16(17,18)19/h6-9,11,22H,1-5H3. The Morgan fingerprint density at radius 3 is 2.36 bits per heavy atom. The number of hydrogen-bond donors (Lipinski definition) is 1. The Labute approximate surface area is 147 Å². The van der Waals surface area contributed by atoms with Gasteiger partial charge >= 0.3 is 6.18 Å². The van der Waals surface area contributed by atoms with Crippen LogP contribution in [0, 0.1) is 6.92 Å². The van der Waals surface area contributed by atoms with Crippen LogP contribution in [0.1, 0.15) is 50.4 Å². The fourth-order valence-electron chi connectivity index (χ4n) is 2.06. The summed E-state index contributed by atoms with van der Waals surface area (Å²) in [4.78, 5) is 4.23. The third-order valence-electron chi connectivity index (χ3n) is 3.54. The molecule has 0 fully saturated rings. The van der Waals surface area contributed by atoms with Crippen molar-refractivity contribution in [2.75, 3.05) is 0 Å². The van der Waals surface area contributed by atoms with Crippen molar-refractivity contribution in [3.8, 4) is 5.82 Å². The van der Waals surface area contributed by atoms with Crippen LogP contribution in [0.5, 0.6) is 0 Å². The molecular formula is C16H21F3N4OS. The Kier molecular flexibility index (Phi) is 5.38. The van der Waals surface area contributed by atoms with Gasteiger partial charge in [0.05, 0.1) is 27.5 Å². The van der Waals surface area contributed by atoms with E-state index < -0.39 is 27.5 Å². The maximum absolute atomic E-state index is 12.7. The molecule has 0 aliphatic carbocycles. The first-order valence-corrected chi connectivity index (χ1v) is 8.81. The molecule has 25 heavy (non-hydrogen) atoms. The number of alkyl halides is 3. The molecule has 0 aromatic carbocycles. The number of halogens is 3. The van der Waals surface area contributed by atoms with Gasteiger partial charge in [0.2, 0.25) is 0 Å². The summed E-state index contributed by atoms with van der Waals surface area (Å²) in [6, 6.07) is 1.58. The Balaban J connectivity index is 2.23. The molecule has 2 unspecified atom stereocenters. The fourth-order valence-corrected chi connectivity index (χ4v) is 2.87. The summed E-state index contributed by atoms with van der Waals surface area (Å²) in [5.41, 5.74) is 0.639. The van der Waals surface area contributed by atoms with Crippen molar-refractivity contribution in [3.63, 3.8) is 0 Å². The van der Waals surface area contributed by atoms with Crippen LogP contribution in [0.15, 0.2) is 24.7 Å². The molecular weight excluding hydrogens is 353 g/mol. The highest BCUT2D eigenvalue weighted by Crippen LogP contribution is 2.29. The molecule has 0 radical (unpaired) electrons. The highest BCUT2D eigenvalue weighted by atomic mass is 32.2. The van der Waals surface area contributed by atoms with E-state index >= 15 is 0 Å². The lowest BCUT2D eigenvalue weighted by Gasteiger charge is -2.22. The predicted molar refractivity (Wildman–Crippen MR) is 90.5 cm³/mol. The van der Waals surface area contributed by atoms with Gasteiger partial charge < -0.3 is 0 Å². The van der Waals surface area contributed by atoms with Gasteiger partial charge in [-0.1, -0.05) is 0 Å². The molecule has 2 aromatic rings. The zero-order valence-corrected chi connectivity index (χ0v) is 15.5. The lowest BCUT2D eigenvalue weighted by atomic mass is 10.1. The molecule has 9 heteroatoms. The number of nitrogens with one attached hydrogen (secondary N) is 1. The van der Waals surface area contributed by atoms with Crippen molar-refractivity contribution in [3.05, 3.63) is 41.3 Å². The van der Waals surface area contributed by atoms with Crippen molar-refractivity contribution >= 4 is 11.0 Å². The molecule has 0 spiro atoms. The van der Waals surface area contributed by atoms with E-state index in [1.165, 1.54) is 0 Å². The van der Waals surface area contributed by atoms with E-state index in [9.17, 15) is 17.4 Å². The smallest absolute Gasteiger partial charge is 0.242 e. The van der Waals surface area contributed by atoms with Crippen LogP contribution in [0.2, 0.25) is 0 Å². The minimum Gasteiger partial charge on any atom is -0.242 e. The highest BCUT2D eigenvalue weighted by Gasteiger charge is 2.32. The molecule has 0 aliphatic rings. The van der Waals surface area contributed by atoms with E-state index in [0.29, 0.717) is 11.4 Å². The molecule has 0 aliphatic heterocycles. The van der Waals surface area contributed by atoms with E-state index in [4.69, 9.17) is 0 Å². The summed E-state index contributed by atoms with van der Waals surface area (Å²) in [5, 5.41) is 3.74. The number of pyridine rings is 1. The first-order valence-electron chi connectivity index (χ1n) is 7.66. The van der Waals surface area contributed by atoms with Crippen LogP contribution in [0.4, 0.5) is 13.2 Å². The van der Waals surface area contributed by atoms with Gasteiger partial charge in [-0.15, -0.1) is 0 Å². The lowest BCUT2D eigenvalue weighted by Crippen LogP contribution is -2.34. The van der Waals surface area contributed by atoms with E-state index in [0.717, 1.165) is 22.6 Å². The Morgan fingerprint density at radius 2 is 1.88 bits per heavy atom. The van der Waals surface area contributed by atoms with Gasteiger partial charge in [0.15, 0.2) is 5.82 Å². The molecule has 0 saturated heterocycles. The quantitative estimate of drug-likeness (QED) is 0.888. The highest BCUT2D eigenvalue weighted by molar-refractivity contribution is 7.84. The molecule has 0 saturated carbocycles. The molecule has 1 N–H and O–H groups in total. The van der Waals surface area contributed by atoms with Crippen molar-refractivity contribution in [2.45, 2.75) is 51.6 Å². The second-order valence-corrected chi connectivity index (χ2v) is 8.80. The van der Waals surface area contributed by atoms with E-state index in [2.05, 4.69) is 14.8 Å². The van der Waals surface area contributed by atoms with Crippen LogP contribution >= 0.6 is 0 Å². The summed E-state index contributed by atoms with van der Waals surface area (Å²) in [7, 11) is -1.24. The molecule has 0 amide bonds. The van der Waals surface area contributed by atoms with Gasteiger partial charge in [-0.3, -0.25) is 0 Å². The number of aryl methyl sites for hydroxylation is 1. The SMILES string of the molecule is Cc1cc(C(C)NS(=O)C(C)(C)C)cnc1-n1cc(C(F)(F)F)cn1. The lowest BCUT2D eigenvalue weighted by molar-refractivity contribution is -0.137. The van der Waals surface area contributed by atoms with Gasteiger partial charge in [0, 0.05) is 18.4 Å². The normalized spacial score (nSPS) is 15.2. The molecule has 2 atom stereocenters. The van der Waals surface area contributed by atoms with Crippen LogP contribution in [-0.4, -0.2) is 23.7 Å². The maximum Gasteiger partial charge on any atom is 0.419 e.